The number of aromatic nitrogens is 2. The molecule has 22 heavy (non-hydrogen) atoms. The number of nitrogens with zero attached hydrogens (tertiary/aromatic N) is 3. The zero-order valence-corrected chi connectivity index (χ0v) is 14.8. The topological polar surface area (TPSA) is 70.4 Å². The number of hydrogen-bond donors (Lipinski definition) is 2. The van der Waals surface area contributed by atoms with Crippen molar-refractivity contribution in [2.24, 2.45) is 7.05 Å². The van der Waals surface area contributed by atoms with Crippen LogP contribution >= 0.6 is 0 Å². The maximum absolute atomic E-state index is 12.2. The van der Waals surface area contributed by atoms with Crippen LogP contribution in [0.5, 0.6) is 0 Å². The van der Waals surface area contributed by atoms with Crippen LogP contribution in [0.15, 0.2) is 6.07 Å². The highest BCUT2D eigenvalue weighted by molar-refractivity contribution is 5.91. The lowest BCUT2D eigenvalue weighted by Crippen LogP contribution is -2.42. The summed E-state index contributed by atoms with van der Waals surface area (Å²) in [6.45, 7) is 12.7. The summed E-state index contributed by atoms with van der Waals surface area (Å²) in [5.74, 6) is 0.591. The van der Waals surface area contributed by atoms with Crippen molar-refractivity contribution < 1.29 is 9.90 Å². The fourth-order valence-electron chi connectivity index (χ4n) is 2.11. The molecule has 0 saturated carbocycles. The van der Waals surface area contributed by atoms with E-state index in [-0.39, 0.29) is 23.9 Å². The van der Waals surface area contributed by atoms with Gasteiger partial charge in [-0.2, -0.15) is 5.10 Å². The molecule has 2 N–H and O–H groups in total. The molecule has 0 aromatic carbocycles. The standard InChI is InChI=1S/C16H30N4O2/c1-11(2)20(9-12(3)21)10-15(22)17-14-8-13(16(4,5)6)18-19(14)7/h8,11-12,21H,9-10H2,1-7H3,(H,17,22). The molecule has 6 nitrogen and oxygen atoms in total. The molecule has 0 aliphatic heterocycles. The smallest absolute Gasteiger partial charge is 0.239 e. The van der Waals surface area contributed by atoms with Crippen molar-refractivity contribution >= 4 is 11.7 Å². The second kappa shape index (κ2) is 7.24. The zero-order chi connectivity index (χ0) is 17.1. The van der Waals surface area contributed by atoms with E-state index in [4.69, 9.17) is 0 Å². The van der Waals surface area contributed by atoms with Crippen molar-refractivity contribution in [3.05, 3.63) is 11.8 Å². The fraction of sp³-hybridized carbons (Fsp3) is 0.750. The van der Waals surface area contributed by atoms with Crippen molar-refractivity contribution in [3.8, 4) is 0 Å². The molecule has 1 rings (SSSR count). The van der Waals surface area contributed by atoms with Crippen molar-refractivity contribution in [2.75, 3.05) is 18.4 Å². The second-order valence-corrected chi connectivity index (χ2v) is 7.21. The van der Waals surface area contributed by atoms with Gasteiger partial charge in [-0.25, -0.2) is 0 Å². The zero-order valence-electron chi connectivity index (χ0n) is 14.8. The van der Waals surface area contributed by atoms with Gasteiger partial charge >= 0.3 is 0 Å². The van der Waals surface area contributed by atoms with Crippen LogP contribution in [-0.4, -0.2) is 50.9 Å². The van der Waals surface area contributed by atoms with Crippen LogP contribution in [0.25, 0.3) is 0 Å². The molecule has 1 unspecified atom stereocenters. The molecular formula is C16H30N4O2. The average Bonchev–Trinajstić information content (AvgIpc) is 2.69. The molecule has 0 fully saturated rings. The third kappa shape index (κ3) is 5.42. The molecule has 1 aromatic rings. The maximum atomic E-state index is 12.2. The van der Waals surface area contributed by atoms with Gasteiger partial charge in [0.2, 0.25) is 5.91 Å². The van der Waals surface area contributed by atoms with Crippen LogP contribution in [0.1, 0.15) is 47.2 Å². The van der Waals surface area contributed by atoms with E-state index in [0.29, 0.717) is 12.4 Å². The number of aliphatic hydroxyl groups excluding tert-OH is 1. The lowest BCUT2D eigenvalue weighted by Gasteiger charge is -2.26. The number of amides is 1. The Morgan fingerprint density at radius 3 is 2.41 bits per heavy atom. The van der Waals surface area contributed by atoms with Crippen LogP contribution in [0, 0.1) is 0 Å². The Morgan fingerprint density at radius 1 is 1.41 bits per heavy atom. The van der Waals surface area contributed by atoms with Gasteiger partial charge in [0.25, 0.3) is 0 Å². The lowest BCUT2D eigenvalue weighted by molar-refractivity contribution is -0.118. The van der Waals surface area contributed by atoms with Gasteiger partial charge in [0.15, 0.2) is 0 Å². The van der Waals surface area contributed by atoms with Crippen LogP contribution < -0.4 is 5.32 Å². The first-order valence-corrected chi connectivity index (χ1v) is 7.77. The summed E-state index contributed by atoms with van der Waals surface area (Å²) in [6.07, 6.45) is -0.459. The predicted octanol–water partition coefficient (Wildman–Crippen LogP) is 1.75. The summed E-state index contributed by atoms with van der Waals surface area (Å²) in [4.78, 5) is 14.2. The minimum atomic E-state index is -0.459. The molecule has 0 aliphatic carbocycles. The highest BCUT2D eigenvalue weighted by Gasteiger charge is 2.21. The molecule has 0 spiro atoms. The molecular weight excluding hydrogens is 280 g/mol. The van der Waals surface area contributed by atoms with Crippen molar-refractivity contribution in [1.82, 2.24) is 14.7 Å². The van der Waals surface area contributed by atoms with E-state index in [9.17, 15) is 9.90 Å². The van der Waals surface area contributed by atoms with Gasteiger partial charge in [-0.3, -0.25) is 14.4 Å². The highest BCUT2D eigenvalue weighted by Crippen LogP contribution is 2.23. The van der Waals surface area contributed by atoms with E-state index in [1.807, 2.05) is 31.9 Å². The summed E-state index contributed by atoms with van der Waals surface area (Å²) in [5, 5.41) is 16.9. The quantitative estimate of drug-likeness (QED) is 0.840. The van der Waals surface area contributed by atoms with Gasteiger partial charge < -0.3 is 10.4 Å². The van der Waals surface area contributed by atoms with Crippen LogP contribution in [0.2, 0.25) is 0 Å². The number of rotatable bonds is 6. The van der Waals surface area contributed by atoms with E-state index < -0.39 is 6.10 Å². The molecule has 1 aromatic heterocycles. The largest absolute Gasteiger partial charge is 0.392 e. The van der Waals surface area contributed by atoms with Gasteiger partial charge in [0.1, 0.15) is 5.82 Å². The van der Waals surface area contributed by atoms with E-state index in [1.54, 1.807) is 11.6 Å². The molecule has 0 aliphatic rings. The third-order valence-corrected chi connectivity index (χ3v) is 3.49. The van der Waals surface area contributed by atoms with Gasteiger partial charge in [0.05, 0.1) is 18.3 Å². The molecule has 1 amide bonds. The third-order valence-electron chi connectivity index (χ3n) is 3.49. The molecule has 0 radical (unpaired) electrons. The molecule has 1 atom stereocenters. The van der Waals surface area contributed by atoms with E-state index in [1.165, 1.54) is 0 Å². The number of hydrogen-bond acceptors (Lipinski definition) is 4. The van der Waals surface area contributed by atoms with Gasteiger partial charge in [-0.05, 0) is 20.8 Å². The Morgan fingerprint density at radius 2 is 2.00 bits per heavy atom. The van der Waals surface area contributed by atoms with E-state index in [0.717, 1.165) is 5.69 Å². The number of carbonyl (C=O) groups excluding carboxylic acids is 1. The minimum Gasteiger partial charge on any atom is -0.392 e. The Kier molecular flexibility index (Phi) is 6.14. The number of aryl methyl sites for hydroxylation is 1. The average molecular weight is 310 g/mol. The van der Waals surface area contributed by atoms with Crippen LogP contribution in [0.3, 0.4) is 0 Å². The molecule has 6 heteroatoms. The Bertz CT molecular complexity index is 501. The predicted molar refractivity (Wildman–Crippen MR) is 88.9 cm³/mol. The Balaban J connectivity index is 2.74. The van der Waals surface area contributed by atoms with Gasteiger partial charge in [0, 0.05) is 31.1 Å². The molecule has 126 valence electrons. The SMILES string of the molecule is CC(O)CN(CC(=O)Nc1cc(C(C)(C)C)nn1C)C(C)C. The minimum absolute atomic E-state index is 0.0585. The second-order valence-electron chi connectivity index (χ2n) is 7.21. The highest BCUT2D eigenvalue weighted by atomic mass is 16.3. The molecule has 1 heterocycles. The summed E-state index contributed by atoms with van der Waals surface area (Å²) in [5.41, 5.74) is 0.881. The van der Waals surface area contributed by atoms with Crippen molar-refractivity contribution in [2.45, 2.75) is 59.1 Å². The number of anilines is 1. The first kappa shape index (κ1) is 18.6. The first-order chi connectivity index (χ1) is 10.0. The fourth-order valence-corrected chi connectivity index (χ4v) is 2.11. The number of nitrogens with one attached hydrogen (secondary N) is 1. The Labute approximate surface area is 133 Å². The summed E-state index contributed by atoms with van der Waals surface area (Å²) in [7, 11) is 1.82. The number of carbonyl (C=O) groups is 1. The van der Waals surface area contributed by atoms with E-state index >= 15 is 0 Å². The summed E-state index contributed by atoms with van der Waals surface area (Å²) in [6, 6.07) is 2.10. The molecule has 0 bridgehead atoms. The summed E-state index contributed by atoms with van der Waals surface area (Å²) >= 11 is 0. The van der Waals surface area contributed by atoms with Crippen LogP contribution in [-0.2, 0) is 17.3 Å². The van der Waals surface area contributed by atoms with Gasteiger partial charge in [-0.1, -0.05) is 20.8 Å². The lowest BCUT2D eigenvalue weighted by atomic mass is 9.92. The van der Waals surface area contributed by atoms with Crippen molar-refractivity contribution in [3.63, 3.8) is 0 Å². The van der Waals surface area contributed by atoms with Crippen molar-refractivity contribution in [1.29, 1.82) is 0 Å². The Hall–Kier alpha value is -1.40. The maximum Gasteiger partial charge on any atom is 0.239 e. The van der Waals surface area contributed by atoms with Gasteiger partial charge in [-0.15, -0.1) is 0 Å². The van der Waals surface area contributed by atoms with Crippen LogP contribution in [0.4, 0.5) is 5.82 Å². The number of aliphatic hydroxyl groups is 1. The normalized spacial score (nSPS) is 13.7. The summed E-state index contributed by atoms with van der Waals surface area (Å²) < 4.78 is 1.69. The van der Waals surface area contributed by atoms with E-state index in [2.05, 4.69) is 31.2 Å². The monoisotopic (exact) mass is 310 g/mol. The first-order valence-electron chi connectivity index (χ1n) is 7.77. The molecule has 0 saturated heterocycles.